The molecule has 1 saturated heterocycles. The van der Waals surface area contributed by atoms with Crippen LogP contribution in [0.5, 0.6) is 0 Å². The van der Waals surface area contributed by atoms with E-state index in [0.717, 1.165) is 22.9 Å². The molecule has 7 nitrogen and oxygen atoms in total. The predicted octanol–water partition coefficient (Wildman–Crippen LogP) is 3.68. The molecule has 2 aliphatic rings. The molecule has 1 fully saturated rings. The molecule has 4 rings (SSSR count). The number of hydrogen-bond donors (Lipinski definition) is 2. The SMILES string of the molecule is Cc1ccc(C2C(C#N)=C(N)C(C#N)(C#N)C(c3ccc(C)cc3)C23SC(=O)NC3=O)cc1. The van der Waals surface area contributed by atoms with Crippen LogP contribution in [-0.4, -0.2) is 15.9 Å². The summed E-state index contributed by atoms with van der Waals surface area (Å²) in [7, 11) is 0. The molecule has 0 saturated carbocycles. The Labute approximate surface area is 195 Å². The summed E-state index contributed by atoms with van der Waals surface area (Å²) in [5.74, 6) is -2.70. The van der Waals surface area contributed by atoms with E-state index in [1.165, 1.54) is 0 Å². The van der Waals surface area contributed by atoms with E-state index in [-0.39, 0.29) is 11.3 Å². The van der Waals surface area contributed by atoms with Crippen LogP contribution in [0.3, 0.4) is 0 Å². The van der Waals surface area contributed by atoms with Crippen molar-refractivity contribution in [2.24, 2.45) is 11.1 Å². The maximum Gasteiger partial charge on any atom is 0.286 e. The standard InChI is InChI=1S/C25H19N5O2S/c1-14-3-7-16(8-4-14)19-18(11-26)21(29)24(12-27,13-28)20(17-9-5-15(2)6-10-17)25(19)22(31)30-23(32)33-25/h3-10,19-20H,29H2,1-2H3,(H,30,31,32). The monoisotopic (exact) mass is 453 g/mol. The highest BCUT2D eigenvalue weighted by atomic mass is 32.2. The van der Waals surface area contributed by atoms with Gasteiger partial charge in [0.2, 0.25) is 5.91 Å². The van der Waals surface area contributed by atoms with Crippen molar-refractivity contribution in [3.05, 3.63) is 82.1 Å². The highest BCUT2D eigenvalue weighted by Gasteiger charge is 2.70. The maximum absolute atomic E-state index is 13.6. The van der Waals surface area contributed by atoms with Gasteiger partial charge < -0.3 is 5.73 Å². The number of nitrogens with zero attached hydrogens (tertiary/aromatic N) is 3. The van der Waals surface area contributed by atoms with E-state index in [1.54, 1.807) is 24.3 Å². The third kappa shape index (κ3) is 3.02. The van der Waals surface area contributed by atoms with Gasteiger partial charge in [0.25, 0.3) is 5.24 Å². The lowest BCUT2D eigenvalue weighted by molar-refractivity contribution is -0.123. The molecule has 2 aromatic rings. The molecule has 2 amide bonds. The molecule has 1 aliphatic carbocycles. The van der Waals surface area contributed by atoms with Gasteiger partial charge in [0, 0.05) is 11.8 Å². The van der Waals surface area contributed by atoms with E-state index >= 15 is 0 Å². The van der Waals surface area contributed by atoms with E-state index < -0.39 is 33.1 Å². The average Bonchev–Trinajstić information content (AvgIpc) is 3.10. The summed E-state index contributed by atoms with van der Waals surface area (Å²) in [4.78, 5) is 26.2. The lowest BCUT2D eigenvalue weighted by atomic mass is 9.55. The van der Waals surface area contributed by atoms with Crippen molar-refractivity contribution >= 4 is 22.9 Å². The molecule has 1 spiro atoms. The summed E-state index contributed by atoms with van der Waals surface area (Å²) in [6, 6.07) is 20.4. The van der Waals surface area contributed by atoms with Crippen LogP contribution in [0.15, 0.2) is 59.8 Å². The third-order valence-electron chi connectivity index (χ3n) is 6.42. The van der Waals surface area contributed by atoms with Crippen molar-refractivity contribution in [1.82, 2.24) is 5.32 Å². The number of carbonyl (C=O) groups is 2. The first-order chi connectivity index (χ1) is 15.7. The van der Waals surface area contributed by atoms with Gasteiger partial charge in [-0.25, -0.2) is 0 Å². The van der Waals surface area contributed by atoms with Gasteiger partial charge in [-0.15, -0.1) is 0 Å². The van der Waals surface area contributed by atoms with Gasteiger partial charge in [0.1, 0.15) is 4.75 Å². The lowest BCUT2D eigenvalue weighted by Crippen LogP contribution is -2.57. The molecule has 0 aromatic heterocycles. The first-order valence-electron chi connectivity index (χ1n) is 10.2. The summed E-state index contributed by atoms with van der Waals surface area (Å²) in [6.07, 6.45) is 0. The fourth-order valence-electron chi connectivity index (χ4n) is 4.85. The Morgan fingerprint density at radius 3 is 1.85 bits per heavy atom. The second kappa shape index (κ2) is 7.81. The van der Waals surface area contributed by atoms with Gasteiger partial charge in [-0.05, 0) is 36.7 Å². The highest BCUT2D eigenvalue weighted by molar-refractivity contribution is 8.16. The zero-order valence-electron chi connectivity index (χ0n) is 17.9. The first kappa shape index (κ1) is 22.1. The molecular weight excluding hydrogens is 434 g/mol. The Balaban J connectivity index is 2.17. The molecule has 2 aromatic carbocycles. The fourth-order valence-corrected chi connectivity index (χ4v) is 6.25. The minimum Gasteiger partial charge on any atom is -0.399 e. The summed E-state index contributed by atoms with van der Waals surface area (Å²) in [5, 5.41) is 32.4. The number of nitrogens with two attached hydrogens (primary N) is 1. The number of carbonyl (C=O) groups excluding carboxylic acids is 2. The van der Waals surface area contributed by atoms with Crippen molar-refractivity contribution in [2.75, 3.05) is 0 Å². The molecule has 1 aliphatic heterocycles. The molecule has 8 heteroatoms. The van der Waals surface area contributed by atoms with Crippen molar-refractivity contribution in [1.29, 1.82) is 15.8 Å². The molecule has 1 heterocycles. The molecule has 0 radical (unpaired) electrons. The minimum atomic E-state index is -2.03. The van der Waals surface area contributed by atoms with E-state index in [0.29, 0.717) is 11.1 Å². The Hall–Kier alpha value is -4.06. The van der Waals surface area contributed by atoms with Crippen molar-refractivity contribution in [3.63, 3.8) is 0 Å². The van der Waals surface area contributed by atoms with Crippen LogP contribution in [0.2, 0.25) is 0 Å². The van der Waals surface area contributed by atoms with Crippen LogP contribution >= 0.6 is 11.8 Å². The second-order valence-electron chi connectivity index (χ2n) is 8.29. The molecular formula is C25H19N5O2S. The zero-order valence-corrected chi connectivity index (χ0v) is 18.7. The Kier molecular flexibility index (Phi) is 5.24. The first-order valence-corrected chi connectivity index (χ1v) is 11.0. The minimum absolute atomic E-state index is 0.0531. The van der Waals surface area contributed by atoms with Gasteiger partial charge >= 0.3 is 0 Å². The molecule has 33 heavy (non-hydrogen) atoms. The van der Waals surface area contributed by atoms with E-state index in [4.69, 9.17) is 5.73 Å². The molecule has 3 atom stereocenters. The number of thioether (sulfide) groups is 1. The van der Waals surface area contributed by atoms with Crippen molar-refractivity contribution < 1.29 is 9.59 Å². The number of nitrogens with one attached hydrogen (secondary N) is 1. The van der Waals surface area contributed by atoms with Gasteiger partial charge in [0.15, 0.2) is 5.41 Å². The summed E-state index contributed by atoms with van der Waals surface area (Å²) in [6.45, 7) is 3.79. The number of amides is 2. The lowest BCUT2D eigenvalue weighted by Gasteiger charge is -2.49. The summed E-state index contributed by atoms with van der Waals surface area (Å²) >= 11 is 0.723. The number of nitriles is 3. The molecule has 0 bridgehead atoms. The van der Waals surface area contributed by atoms with Gasteiger partial charge in [-0.2, -0.15) is 15.8 Å². The van der Waals surface area contributed by atoms with Crippen LogP contribution < -0.4 is 11.1 Å². The zero-order chi connectivity index (χ0) is 24.0. The van der Waals surface area contributed by atoms with Gasteiger partial charge in [0.05, 0.1) is 29.5 Å². The number of aryl methyl sites for hydroxylation is 2. The van der Waals surface area contributed by atoms with Gasteiger partial charge in [-0.1, -0.05) is 59.7 Å². The molecule has 3 unspecified atom stereocenters. The van der Waals surface area contributed by atoms with Crippen LogP contribution in [-0.2, 0) is 4.79 Å². The normalized spacial score (nSPS) is 25.8. The largest absolute Gasteiger partial charge is 0.399 e. The van der Waals surface area contributed by atoms with Crippen molar-refractivity contribution in [2.45, 2.75) is 30.4 Å². The molecule has 162 valence electrons. The smallest absolute Gasteiger partial charge is 0.286 e. The highest BCUT2D eigenvalue weighted by Crippen LogP contribution is 2.64. The topological polar surface area (TPSA) is 144 Å². The number of imide groups is 1. The Bertz CT molecular complexity index is 1310. The number of allylic oxidation sites excluding steroid dienone is 2. The Morgan fingerprint density at radius 2 is 1.42 bits per heavy atom. The third-order valence-corrected chi connectivity index (χ3v) is 7.70. The summed E-state index contributed by atoms with van der Waals surface area (Å²) in [5.41, 5.74) is 7.17. The van der Waals surface area contributed by atoms with E-state index in [2.05, 4.69) is 11.4 Å². The number of hydrogen-bond acceptors (Lipinski definition) is 7. The average molecular weight is 454 g/mol. The Morgan fingerprint density at radius 1 is 0.909 bits per heavy atom. The maximum atomic E-state index is 13.6. The summed E-state index contributed by atoms with van der Waals surface area (Å²) < 4.78 is -1.67. The predicted molar refractivity (Wildman–Crippen MR) is 122 cm³/mol. The van der Waals surface area contributed by atoms with Crippen molar-refractivity contribution in [3.8, 4) is 18.2 Å². The van der Waals surface area contributed by atoms with E-state index in [9.17, 15) is 25.4 Å². The van der Waals surface area contributed by atoms with Crippen LogP contribution in [0.4, 0.5) is 4.79 Å². The van der Waals surface area contributed by atoms with Crippen LogP contribution in [0, 0.1) is 53.3 Å². The van der Waals surface area contributed by atoms with E-state index in [1.807, 2.05) is 50.3 Å². The quantitative estimate of drug-likeness (QED) is 0.706. The number of benzene rings is 2. The number of rotatable bonds is 2. The van der Waals surface area contributed by atoms with Gasteiger partial charge in [-0.3, -0.25) is 14.9 Å². The van der Waals surface area contributed by atoms with Crippen LogP contribution in [0.1, 0.15) is 34.1 Å². The molecule has 3 N–H and O–H groups in total. The fraction of sp³-hybridized carbons (Fsp3) is 0.240. The second-order valence-corrected chi connectivity index (χ2v) is 9.55. The van der Waals surface area contributed by atoms with Crippen LogP contribution in [0.25, 0.3) is 0 Å².